The molecule has 33 heavy (non-hydrogen) atoms. The summed E-state index contributed by atoms with van der Waals surface area (Å²) in [6.45, 7) is 1.08. The minimum atomic E-state index is -0.118. The second-order valence-electron chi connectivity index (χ2n) is 7.82. The first-order valence-corrected chi connectivity index (χ1v) is 10.7. The van der Waals surface area contributed by atoms with Crippen LogP contribution in [0, 0.1) is 11.3 Å². The molecule has 0 unspecified atom stereocenters. The number of aromatic nitrogens is 2. The predicted molar refractivity (Wildman–Crippen MR) is 130 cm³/mol. The van der Waals surface area contributed by atoms with Crippen molar-refractivity contribution in [2.45, 2.75) is 13.1 Å². The third-order valence-corrected chi connectivity index (χ3v) is 5.28. The van der Waals surface area contributed by atoms with Crippen LogP contribution < -0.4 is 0 Å². The van der Waals surface area contributed by atoms with Crippen molar-refractivity contribution >= 4 is 12.0 Å². The molecule has 0 fully saturated rings. The largest absolute Gasteiger partial charge is 0.338 e. The van der Waals surface area contributed by atoms with Gasteiger partial charge >= 0.3 is 0 Å². The zero-order valence-corrected chi connectivity index (χ0v) is 18.4. The average molecular weight is 433 g/mol. The molecule has 3 aromatic carbocycles. The molecule has 0 N–H and O–H groups in total. The highest BCUT2D eigenvalue weighted by molar-refractivity contribution is 5.92. The van der Waals surface area contributed by atoms with E-state index in [2.05, 4.69) is 18.2 Å². The Morgan fingerprint density at radius 2 is 1.70 bits per heavy atom. The van der Waals surface area contributed by atoms with Crippen LogP contribution in [0.15, 0.2) is 97.2 Å². The molecule has 1 heterocycles. The molecule has 0 aliphatic rings. The van der Waals surface area contributed by atoms with Gasteiger partial charge in [0.25, 0.3) is 0 Å². The molecule has 0 saturated carbocycles. The van der Waals surface area contributed by atoms with E-state index in [1.165, 1.54) is 0 Å². The van der Waals surface area contributed by atoms with Crippen molar-refractivity contribution in [3.63, 3.8) is 0 Å². The molecule has 162 valence electrons. The fourth-order valence-electron chi connectivity index (χ4n) is 3.61. The smallest absolute Gasteiger partial charge is 0.246 e. The average Bonchev–Trinajstić information content (AvgIpc) is 3.26. The van der Waals surface area contributed by atoms with Gasteiger partial charge < -0.3 is 4.90 Å². The summed E-state index contributed by atoms with van der Waals surface area (Å²) in [5.74, 6) is -0.118. The third-order valence-electron chi connectivity index (χ3n) is 5.28. The predicted octanol–water partition coefficient (Wildman–Crippen LogP) is 5.14. The molecule has 5 heteroatoms. The third kappa shape index (κ3) is 5.63. The van der Waals surface area contributed by atoms with Crippen molar-refractivity contribution in [3.05, 3.63) is 119 Å². The summed E-state index contributed by atoms with van der Waals surface area (Å²) in [6.07, 6.45) is 5.36. The van der Waals surface area contributed by atoms with Gasteiger partial charge in [-0.2, -0.15) is 10.4 Å². The minimum Gasteiger partial charge on any atom is -0.338 e. The molecule has 4 aromatic rings. The first-order chi connectivity index (χ1) is 16.1. The number of rotatable bonds is 7. The Bertz CT molecular complexity index is 1300. The molecule has 1 aromatic heterocycles. The second kappa shape index (κ2) is 10.3. The summed E-state index contributed by atoms with van der Waals surface area (Å²) < 4.78 is 1.90. The Kier molecular flexibility index (Phi) is 6.77. The maximum absolute atomic E-state index is 12.8. The Morgan fingerprint density at radius 3 is 2.42 bits per heavy atom. The van der Waals surface area contributed by atoms with Crippen LogP contribution >= 0.6 is 0 Å². The quantitative estimate of drug-likeness (QED) is 0.380. The molecule has 0 atom stereocenters. The van der Waals surface area contributed by atoms with E-state index in [1.54, 1.807) is 30.2 Å². The van der Waals surface area contributed by atoms with Crippen LogP contribution in [-0.2, 0) is 17.9 Å². The summed E-state index contributed by atoms with van der Waals surface area (Å²) in [5.41, 5.74) is 5.37. The molecule has 0 radical (unpaired) electrons. The molecule has 0 saturated heterocycles. The Labute approximate surface area is 193 Å². The van der Waals surface area contributed by atoms with Crippen LogP contribution in [0.3, 0.4) is 0 Å². The van der Waals surface area contributed by atoms with Crippen LogP contribution in [0.1, 0.15) is 22.3 Å². The molecule has 1 amide bonds. The van der Waals surface area contributed by atoms with E-state index in [9.17, 15) is 4.79 Å². The van der Waals surface area contributed by atoms with Crippen molar-refractivity contribution in [2.24, 2.45) is 0 Å². The van der Waals surface area contributed by atoms with Crippen molar-refractivity contribution in [1.29, 1.82) is 5.26 Å². The van der Waals surface area contributed by atoms with E-state index in [-0.39, 0.29) is 5.91 Å². The van der Waals surface area contributed by atoms with Crippen LogP contribution in [0.4, 0.5) is 0 Å². The van der Waals surface area contributed by atoms with Gasteiger partial charge in [-0.15, -0.1) is 0 Å². The second-order valence-corrected chi connectivity index (χ2v) is 7.82. The molecular formula is C28H24N4O. The highest BCUT2D eigenvalue weighted by Gasteiger charge is 2.11. The van der Waals surface area contributed by atoms with Crippen LogP contribution in [0.5, 0.6) is 0 Å². The van der Waals surface area contributed by atoms with Gasteiger partial charge in [0.1, 0.15) is 0 Å². The number of nitrogens with zero attached hydrogens (tertiary/aromatic N) is 4. The molecular weight excluding hydrogens is 408 g/mol. The number of benzene rings is 3. The summed E-state index contributed by atoms with van der Waals surface area (Å²) in [4.78, 5) is 14.4. The van der Waals surface area contributed by atoms with Crippen LogP contribution in [0.2, 0.25) is 0 Å². The minimum absolute atomic E-state index is 0.118. The Hall–Kier alpha value is -4.43. The van der Waals surface area contributed by atoms with Gasteiger partial charge in [-0.05, 0) is 29.3 Å². The van der Waals surface area contributed by atoms with Gasteiger partial charge in [0.05, 0.1) is 23.9 Å². The van der Waals surface area contributed by atoms with E-state index >= 15 is 0 Å². The SMILES string of the molecule is CN(Cc1cccc(C#N)c1)C(=O)/C=C/c1cn(Cc2ccccc2)nc1-c1ccccc1. The van der Waals surface area contributed by atoms with Gasteiger partial charge in [-0.25, -0.2) is 0 Å². The number of amides is 1. The zero-order chi connectivity index (χ0) is 23.0. The number of likely N-dealkylation sites (N-methyl/N-ethyl adjacent to an activating group) is 1. The standard InChI is InChI=1S/C28H24N4O/c1-31(19-24-12-8-11-23(17-24)18-29)27(33)16-15-26-21-32(20-22-9-4-2-5-10-22)30-28(26)25-13-6-3-7-14-25/h2-17,21H,19-20H2,1H3/b16-15+. The summed E-state index contributed by atoms with van der Waals surface area (Å²) in [7, 11) is 1.75. The number of hydrogen-bond donors (Lipinski definition) is 0. The Balaban J connectivity index is 1.55. The van der Waals surface area contributed by atoms with Gasteiger partial charge in [0.15, 0.2) is 0 Å². The van der Waals surface area contributed by atoms with Crippen LogP contribution in [-0.4, -0.2) is 27.6 Å². The lowest BCUT2D eigenvalue weighted by Crippen LogP contribution is -2.24. The van der Waals surface area contributed by atoms with Crippen molar-refractivity contribution < 1.29 is 4.79 Å². The van der Waals surface area contributed by atoms with Crippen LogP contribution in [0.25, 0.3) is 17.3 Å². The normalized spacial score (nSPS) is 10.8. The monoisotopic (exact) mass is 432 g/mol. The topological polar surface area (TPSA) is 61.9 Å². The first-order valence-electron chi connectivity index (χ1n) is 10.7. The molecule has 0 aliphatic carbocycles. The molecule has 4 rings (SSSR count). The maximum atomic E-state index is 12.8. The molecule has 5 nitrogen and oxygen atoms in total. The summed E-state index contributed by atoms with van der Waals surface area (Å²) in [6, 6.07) is 29.5. The van der Waals surface area contributed by atoms with E-state index in [0.29, 0.717) is 18.7 Å². The lowest BCUT2D eigenvalue weighted by Gasteiger charge is -2.15. The van der Waals surface area contributed by atoms with Crippen molar-refractivity contribution in [2.75, 3.05) is 7.05 Å². The fourth-order valence-corrected chi connectivity index (χ4v) is 3.61. The maximum Gasteiger partial charge on any atom is 0.246 e. The van der Waals surface area contributed by atoms with Gasteiger partial charge in [-0.1, -0.05) is 72.8 Å². The van der Waals surface area contributed by atoms with Gasteiger partial charge in [0.2, 0.25) is 5.91 Å². The lowest BCUT2D eigenvalue weighted by molar-refractivity contribution is -0.125. The lowest BCUT2D eigenvalue weighted by atomic mass is 10.1. The van der Waals surface area contributed by atoms with E-state index in [1.807, 2.05) is 77.6 Å². The van der Waals surface area contributed by atoms with Gasteiger partial charge in [0, 0.05) is 37.0 Å². The van der Waals surface area contributed by atoms with Crippen molar-refractivity contribution in [3.8, 4) is 17.3 Å². The van der Waals surface area contributed by atoms with Crippen molar-refractivity contribution in [1.82, 2.24) is 14.7 Å². The number of nitriles is 1. The molecule has 0 spiro atoms. The van der Waals surface area contributed by atoms with E-state index in [4.69, 9.17) is 10.4 Å². The first kappa shape index (κ1) is 21.8. The van der Waals surface area contributed by atoms with E-state index < -0.39 is 0 Å². The van der Waals surface area contributed by atoms with E-state index in [0.717, 1.165) is 27.9 Å². The Morgan fingerprint density at radius 1 is 1.00 bits per heavy atom. The fraction of sp³-hybridized carbons (Fsp3) is 0.107. The number of hydrogen-bond acceptors (Lipinski definition) is 3. The number of carbonyl (C=O) groups is 1. The molecule has 0 bridgehead atoms. The zero-order valence-electron chi connectivity index (χ0n) is 18.4. The molecule has 0 aliphatic heterocycles. The van der Waals surface area contributed by atoms with Gasteiger partial charge in [-0.3, -0.25) is 9.48 Å². The highest BCUT2D eigenvalue weighted by Crippen LogP contribution is 2.23. The highest BCUT2D eigenvalue weighted by atomic mass is 16.2. The summed E-state index contributed by atoms with van der Waals surface area (Å²) >= 11 is 0. The number of carbonyl (C=O) groups excluding carboxylic acids is 1. The summed E-state index contributed by atoms with van der Waals surface area (Å²) in [5, 5.41) is 13.9.